The monoisotopic (exact) mass is 443 g/mol. The Morgan fingerprint density at radius 3 is 2.30 bits per heavy atom. The second-order valence-electron chi connectivity index (χ2n) is 6.17. The Kier molecular flexibility index (Phi) is 5.03. The predicted octanol–water partition coefficient (Wildman–Crippen LogP) is 5.35. The maximum Gasteiger partial charge on any atom is 0.161 e. The van der Waals surface area contributed by atoms with Crippen LogP contribution in [0.3, 0.4) is 0 Å². The fraction of sp³-hybridized carbons (Fsp3) is 0.417. The van der Waals surface area contributed by atoms with Crippen LogP contribution in [0.4, 0.5) is 0 Å². The summed E-state index contributed by atoms with van der Waals surface area (Å²) in [6, 6.07) is 8.06. The van der Waals surface area contributed by atoms with E-state index in [2.05, 4.69) is 5.32 Å². The minimum atomic E-state index is -3.20. The van der Waals surface area contributed by atoms with E-state index in [0.717, 1.165) is 5.56 Å². The molecule has 1 heterocycles. The Morgan fingerprint density at radius 1 is 0.933 bits per heavy atom. The summed E-state index contributed by atoms with van der Waals surface area (Å²) >= 11 is 0. The van der Waals surface area contributed by atoms with Gasteiger partial charge in [0.25, 0.3) is 0 Å². The molecule has 0 saturated carbocycles. The molecule has 0 radical (unpaired) electrons. The van der Waals surface area contributed by atoms with Gasteiger partial charge in [0.1, 0.15) is 0 Å². The highest BCUT2D eigenvalue weighted by molar-refractivity contribution is 5.85. The van der Waals surface area contributed by atoms with E-state index >= 15 is 0 Å². The standard InChI is InChI=1S/C24H31NO4.ClH/c1-5-26-21-10-9-17(14-22(21)27-6-2)13-20-19-16-24(29-8-4)23(28-7-3)15-18(19)11-12-25-20;/h9-10,13-16,25H,5-8,11-12H2,1-4H3;1H/i3D3,4D3,7D2,8D2;. The molecule has 2 aromatic carbocycles. The number of benzene rings is 2. The van der Waals surface area contributed by atoms with Crippen molar-refractivity contribution < 1.29 is 32.7 Å². The molecule has 0 bridgehead atoms. The van der Waals surface area contributed by atoms with Crippen LogP contribution < -0.4 is 24.3 Å². The van der Waals surface area contributed by atoms with Gasteiger partial charge >= 0.3 is 0 Å². The van der Waals surface area contributed by atoms with Crippen LogP contribution in [-0.2, 0) is 6.42 Å². The van der Waals surface area contributed by atoms with Gasteiger partial charge in [-0.1, -0.05) is 6.07 Å². The molecule has 0 amide bonds. The van der Waals surface area contributed by atoms with Crippen molar-refractivity contribution in [1.82, 2.24) is 5.32 Å². The molecule has 164 valence electrons. The van der Waals surface area contributed by atoms with Crippen LogP contribution in [0.15, 0.2) is 30.3 Å². The van der Waals surface area contributed by atoms with Crippen molar-refractivity contribution in [2.24, 2.45) is 0 Å². The lowest BCUT2D eigenvalue weighted by Crippen LogP contribution is -2.22. The summed E-state index contributed by atoms with van der Waals surface area (Å²) in [5, 5.41) is 3.25. The molecule has 0 atom stereocenters. The molecule has 0 fully saturated rings. The van der Waals surface area contributed by atoms with Gasteiger partial charge in [0.2, 0.25) is 0 Å². The van der Waals surface area contributed by atoms with Crippen LogP contribution >= 0.6 is 12.4 Å². The maximum absolute atomic E-state index is 7.92. The van der Waals surface area contributed by atoms with Gasteiger partial charge in [0, 0.05) is 26.0 Å². The molecule has 30 heavy (non-hydrogen) atoms. The maximum atomic E-state index is 7.92. The third-order valence-electron chi connectivity index (χ3n) is 4.37. The van der Waals surface area contributed by atoms with Crippen molar-refractivity contribution in [3.05, 3.63) is 47.0 Å². The largest absolute Gasteiger partial charge is 0.490 e. The van der Waals surface area contributed by atoms with Gasteiger partial charge in [-0.25, -0.2) is 0 Å². The number of hydrogen-bond acceptors (Lipinski definition) is 5. The van der Waals surface area contributed by atoms with E-state index in [4.69, 9.17) is 32.7 Å². The van der Waals surface area contributed by atoms with Crippen LogP contribution in [0.1, 0.15) is 57.9 Å². The smallest absolute Gasteiger partial charge is 0.161 e. The number of rotatable bonds is 9. The lowest BCUT2D eigenvalue weighted by molar-refractivity contribution is 0.287. The first-order valence-electron chi connectivity index (χ1n) is 14.4. The molecular formula is C24H32ClNO4. The molecule has 3 rings (SSSR count). The van der Waals surface area contributed by atoms with Crippen molar-refractivity contribution in [2.45, 2.75) is 34.0 Å². The van der Waals surface area contributed by atoms with Gasteiger partial charge in [-0.2, -0.15) is 0 Å². The Balaban J connectivity index is 0.00000560. The molecule has 0 saturated heterocycles. The highest BCUT2D eigenvalue weighted by Gasteiger charge is 2.19. The Labute approximate surface area is 199 Å². The third-order valence-corrected chi connectivity index (χ3v) is 4.37. The average Bonchev–Trinajstić information content (AvgIpc) is 2.80. The zero-order valence-electron chi connectivity index (χ0n) is 26.8. The van der Waals surface area contributed by atoms with Crippen molar-refractivity contribution >= 4 is 24.2 Å². The summed E-state index contributed by atoms with van der Waals surface area (Å²) < 4.78 is 98.1. The summed E-state index contributed by atoms with van der Waals surface area (Å²) in [6.45, 7) is -7.62. The molecule has 1 aliphatic heterocycles. The number of ether oxygens (including phenoxy) is 4. The van der Waals surface area contributed by atoms with Crippen LogP contribution in [0.2, 0.25) is 0 Å². The zero-order chi connectivity index (χ0) is 29.2. The normalized spacial score (nSPS) is 20.4. The minimum Gasteiger partial charge on any atom is -0.490 e. The summed E-state index contributed by atoms with van der Waals surface area (Å²) in [4.78, 5) is 0. The minimum absolute atomic E-state index is 0. The molecule has 0 spiro atoms. The van der Waals surface area contributed by atoms with Gasteiger partial charge in [0.15, 0.2) is 23.0 Å². The van der Waals surface area contributed by atoms with Gasteiger partial charge in [-0.15, -0.1) is 12.4 Å². The van der Waals surface area contributed by atoms with E-state index in [9.17, 15) is 0 Å². The lowest BCUT2D eigenvalue weighted by Gasteiger charge is -2.24. The number of fused-ring (bicyclic) bond motifs is 1. The molecule has 1 N–H and O–H groups in total. The van der Waals surface area contributed by atoms with E-state index < -0.39 is 38.3 Å². The summed E-state index contributed by atoms with van der Waals surface area (Å²) in [5.74, 6) is 0.255. The van der Waals surface area contributed by atoms with Gasteiger partial charge in [0.05, 0.1) is 31.8 Å². The topological polar surface area (TPSA) is 49.0 Å². The van der Waals surface area contributed by atoms with Crippen LogP contribution in [0, 0.1) is 0 Å². The summed E-state index contributed by atoms with van der Waals surface area (Å²) in [5.41, 5.74) is 2.49. The lowest BCUT2D eigenvalue weighted by atomic mass is 9.96. The van der Waals surface area contributed by atoms with Gasteiger partial charge in [-0.05, 0) is 75.4 Å². The van der Waals surface area contributed by atoms with E-state index in [1.807, 2.05) is 19.9 Å². The zero-order valence-corrected chi connectivity index (χ0v) is 17.7. The van der Waals surface area contributed by atoms with E-state index in [1.165, 1.54) is 12.1 Å². The van der Waals surface area contributed by atoms with Crippen molar-refractivity contribution in [3.63, 3.8) is 0 Å². The first kappa shape index (κ1) is 13.0. The van der Waals surface area contributed by atoms with Crippen molar-refractivity contribution in [3.8, 4) is 23.0 Å². The third kappa shape index (κ3) is 5.54. The molecule has 0 aliphatic carbocycles. The molecule has 0 unspecified atom stereocenters. The first-order chi connectivity index (χ1) is 18.0. The number of nitrogens with one attached hydrogen (secondary N) is 1. The van der Waals surface area contributed by atoms with E-state index in [-0.39, 0.29) is 12.4 Å². The Morgan fingerprint density at radius 2 is 1.60 bits per heavy atom. The van der Waals surface area contributed by atoms with Crippen LogP contribution in [-0.4, -0.2) is 32.9 Å². The molecule has 0 aromatic heterocycles. The van der Waals surface area contributed by atoms with Gasteiger partial charge < -0.3 is 24.3 Å². The highest BCUT2D eigenvalue weighted by Crippen LogP contribution is 2.36. The number of hydrogen-bond donors (Lipinski definition) is 1. The molecule has 6 heteroatoms. The Bertz CT molecular complexity index is 1220. The second-order valence-corrected chi connectivity index (χ2v) is 6.17. The number of halogens is 1. The molecule has 2 aromatic rings. The van der Waals surface area contributed by atoms with E-state index in [1.54, 1.807) is 18.2 Å². The summed E-state index contributed by atoms with van der Waals surface area (Å²) in [6.07, 6.45) is 2.25. The van der Waals surface area contributed by atoms with Crippen LogP contribution in [0.25, 0.3) is 11.8 Å². The average molecular weight is 444 g/mol. The molecule has 5 nitrogen and oxygen atoms in total. The first-order valence-corrected chi connectivity index (χ1v) is 9.39. The van der Waals surface area contributed by atoms with E-state index in [0.29, 0.717) is 54.5 Å². The Hall–Kier alpha value is -2.53. The molecular weight excluding hydrogens is 402 g/mol. The summed E-state index contributed by atoms with van der Waals surface area (Å²) in [7, 11) is 0. The van der Waals surface area contributed by atoms with Crippen molar-refractivity contribution in [1.29, 1.82) is 0 Å². The molecule has 1 aliphatic rings. The predicted molar refractivity (Wildman–Crippen MR) is 124 cm³/mol. The van der Waals surface area contributed by atoms with Crippen LogP contribution in [0.5, 0.6) is 23.0 Å². The highest BCUT2D eigenvalue weighted by atomic mass is 35.5. The fourth-order valence-corrected chi connectivity index (χ4v) is 3.21. The SMILES string of the molecule is Cl.[2H]C([2H])([2H])C([2H])([2H])Oc1cc2c(cc1OC([2H])([2H])C([2H])([2H])[2H])C(=Cc1ccc(OCC)c(OCC)c1)NCC2. The van der Waals surface area contributed by atoms with Crippen molar-refractivity contribution in [2.75, 3.05) is 32.9 Å². The quantitative estimate of drug-likeness (QED) is 0.566. The second kappa shape index (κ2) is 11.6. The van der Waals surface area contributed by atoms with Gasteiger partial charge in [-0.3, -0.25) is 0 Å². The fourth-order valence-electron chi connectivity index (χ4n) is 3.21.